The highest BCUT2D eigenvalue weighted by molar-refractivity contribution is 8.16. The number of amides is 1. The number of rotatable bonds is 4. The van der Waals surface area contributed by atoms with E-state index in [-0.39, 0.29) is 11.6 Å². The second-order valence-corrected chi connectivity index (χ2v) is 9.31. The summed E-state index contributed by atoms with van der Waals surface area (Å²) in [7, 11) is 0. The Labute approximate surface area is 174 Å². The summed E-state index contributed by atoms with van der Waals surface area (Å²) in [6, 6.07) is 12.0. The van der Waals surface area contributed by atoms with E-state index < -0.39 is 0 Å². The lowest BCUT2D eigenvalue weighted by Crippen LogP contribution is -2.20. The maximum atomic E-state index is 12.5. The van der Waals surface area contributed by atoms with Crippen LogP contribution in [0.25, 0.3) is 0 Å². The fourth-order valence-electron chi connectivity index (χ4n) is 3.75. The van der Waals surface area contributed by atoms with E-state index in [1.54, 1.807) is 11.3 Å². The van der Waals surface area contributed by atoms with Gasteiger partial charge < -0.3 is 5.32 Å². The Bertz CT molecular complexity index is 894. The van der Waals surface area contributed by atoms with Crippen LogP contribution in [0.15, 0.2) is 51.8 Å². The Morgan fingerprint density at radius 3 is 2.61 bits per heavy atom. The monoisotopic (exact) mass is 411 g/mol. The van der Waals surface area contributed by atoms with Crippen molar-refractivity contribution in [3.63, 3.8) is 0 Å². The van der Waals surface area contributed by atoms with Gasteiger partial charge in [0.25, 0.3) is 0 Å². The van der Waals surface area contributed by atoms with Crippen molar-refractivity contribution in [2.24, 2.45) is 9.98 Å². The first-order valence-electron chi connectivity index (χ1n) is 9.87. The zero-order chi connectivity index (χ0) is 19.4. The summed E-state index contributed by atoms with van der Waals surface area (Å²) in [6.07, 6.45) is 6.92. The number of carbonyl (C=O) groups is 1. The Morgan fingerprint density at radius 2 is 1.89 bits per heavy atom. The maximum absolute atomic E-state index is 12.5. The van der Waals surface area contributed by atoms with Crippen molar-refractivity contribution >= 4 is 45.4 Å². The molecule has 1 aromatic carbocycles. The van der Waals surface area contributed by atoms with Crippen molar-refractivity contribution in [3.05, 3.63) is 52.2 Å². The number of benzene rings is 1. The minimum Gasteiger partial charge on any atom is -0.325 e. The molecule has 2 aromatic rings. The van der Waals surface area contributed by atoms with E-state index >= 15 is 0 Å². The average Bonchev–Trinajstić information content (AvgIpc) is 3.27. The molecule has 1 aliphatic heterocycles. The third-order valence-electron chi connectivity index (χ3n) is 5.25. The van der Waals surface area contributed by atoms with Gasteiger partial charge in [-0.1, -0.05) is 48.9 Å². The van der Waals surface area contributed by atoms with Gasteiger partial charge in [0.05, 0.1) is 10.6 Å². The van der Waals surface area contributed by atoms with Crippen LogP contribution >= 0.6 is 23.1 Å². The maximum Gasteiger partial charge on any atom is 0.234 e. The predicted molar refractivity (Wildman–Crippen MR) is 121 cm³/mol. The molecule has 28 heavy (non-hydrogen) atoms. The van der Waals surface area contributed by atoms with Crippen molar-refractivity contribution in [1.82, 2.24) is 0 Å². The molecule has 1 spiro atoms. The first-order chi connectivity index (χ1) is 13.7. The molecule has 0 radical (unpaired) electrons. The molecular weight excluding hydrogens is 386 g/mol. The third-order valence-corrected chi connectivity index (χ3v) is 7.09. The summed E-state index contributed by atoms with van der Waals surface area (Å²) in [5, 5.41) is 6.01. The standard InChI is InChI=1S/C22H25N3OS2/c1-16-9-4-5-10-17(16)23-19(26)15-28-21-20(18-11-8-14-27-18)24-22(25-21)12-6-2-3-7-13-22/h4-5,8-11,14H,2-3,6-7,12-13,15H2,1H3,(H,23,26). The first kappa shape index (κ1) is 19.4. The van der Waals surface area contributed by atoms with Crippen molar-refractivity contribution in [2.45, 2.75) is 51.1 Å². The van der Waals surface area contributed by atoms with Crippen LogP contribution in [-0.4, -0.2) is 28.1 Å². The van der Waals surface area contributed by atoms with Crippen LogP contribution in [0, 0.1) is 6.92 Å². The molecule has 1 amide bonds. The number of thiophene rings is 1. The number of aliphatic imine (C=N–C) groups is 2. The Hall–Kier alpha value is -1.92. The summed E-state index contributed by atoms with van der Waals surface area (Å²) >= 11 is 3.20. The number of thioether (sulfide) groups is 1. The summed E-state index contributed by atoms with van der Waals surface area (Å²) in [5.74, 6) is 0.336. The Balaban J connectivity index is 1.49. The van der Waals surface area contributed by atoms with Crippen LogP contribution in [-0.2, 0) is 4.79 Å². The Morgan fingerprint density at radius 1 is 1.11 bits per heavy atom. The number of nitrogens with zero attached hydrogens (tertiary/aromatic N) is 2. The molecule has 1 aliphatic carbocycles. The van der Waals surface area contributed by atoms with Gasteiger partial charge in [0.1, 0.15) is 10.8 Å². The van der Waals surface area contributed by atoms with Crippen LogP contribution < -0.4 is 5.32 Å². The molecule has 2 heterocycles. The average molecular weight is 412 g/mol. The molecule has 0 bridgehead atoms. The quantitative estimate of drug-likeness (QED) is 0.704. The lowest BCUT2D eigenvalue weighted by molar-refractivity contribution is -0.113. The van der Waals surface area contributed by atoms with Gasteiger partial charge >= 0.3 is 0 Å². The molecular formula is C22H25N3OS2. The van der Waals surface area contributed by atoms with Gasteiger partial charge in [0.15, 0.2) is 5.66 Å². The fraction of sp³-hybridized carbons (Fsp3) is 0.409. The summed E-state index contributed by atoms with van der Waals surface area (Å²) in [5.41, 5.74) is 2.61. The van der Waals surface area contributed by atoms with Crippen molar-refractivity contribution < 1.29 is 4.79 Å². The molecule has 0 unspecified atom stereocenters. The van der Waals surface area contributed by atoms with Crippen LogP contribution in [0.2, 0.25) is 0 Å². The highest BCUT2D eigenvalue weighted by Crippen LogP contribution is 2.38. The topological polar surface area (TPSA) is 53.8 Å². The molecule has 2 aliphatic rings. The minimum atomic E-state index is -0.301. The van der Waals surface area contributed by atoms with Crippen molar-refractivity contribution in [2.75, 3.05) is 11.1 Å². The number of para-hydroxylation sites is 1. The molecule has 0 saturated heterocycles. The normalized spacial score (nSPS) is 18.5. The lowest BCUT2D eigenvalue weighted by Gasteiger charge is -2.20. The number of aryl methyl sites for hydroxylation is 1. The first-order valence-corrected chi connectivity index (χ1v) is 11.7. The van der Waals surface area contributed by atoms with E-state index in [1.807, 2.05) is 37.3 Å². The van der Waals surface area contributed by atoms with Gasteiger partial charge in [-0.2, -0.15) is 0 Å². The van der Waals surface area contributed by atoms with Gasteiger partial charge in [-0.15, -0.1) is 11.3 Å². The number of hydrogen-bond donors (Lipinski definition) is 1. The minimum absolute atomic E-state index is 0.00524. The predicted octanol–water partition coefficient (Wildman–Crippen LogP) is 5.68. The van der Waals surface area contributed by atoms with E-state index in [0.717, 1.165) is 39.7 Å². The van der Waals surface area contributed by atoms with Crippen molar-refractivity contribution in [3.8, 4) is 0 Å². The SMILES string of the molecule is Cc1ccccc1NC(=O)CSC1=NC2(CCCCCC2)N=C1c1cccs1. The molecule has 146 valence electrons. The van der Waals surface area contributed by atoms with Gasteiger partial charge in [-0.3, -0.25) is 9.79 Å². The number of carbonyl (C=O) groups excluding carboxylic acids is 1. The van der Waals surface area contributed by atoms with E-state index in [2.05, 4.69) is 16.8 Å². The fourth-order valence-corrected chi connectivity index (χ4v) is 5.40. The summed E-state index contributed by atoms with van der Waals surface area (Å²) in [6.45, 7) is 2.00. The van der Waals surface area contributed by atoms with Crippen LogP contribution in [0.5, 0.6) is 0 Å². The lowest BCUT2D eigenvalue weighted by atomic mass is 10.0. The Kier molecular flexibility index (Phi) is 5.97. The molecule has 1 N–H and O–H groups in total. The van der Waals surface area contributed by atoms with Gasteiger partial charge in [-0.25, -0.2) is 4.99 Å². The largest absolute Gasteiger partial charge is 0.325 e. The molecule has 1 saturated carbocycles. The van der Waals surface area contributed by atoms with Crippen LogP contribution in [0.3, 0.4) is 0 Å². The third kappa shape index (κ3) is 4.39. The molecule has 6 heteroatoms. The molecule has 4 nitrogen and oxygen atoms in total. The van der Waals surface area contributed by atoms with Gasteiger partial charge in [0.2, 0.25) is 5.91 Å². The highest BCUT2D eigenvalue weighted by atomic mass is 32.2. The van der Waals surface area contributed by atoms with Crippen LogP contribution in [0.4, 0.5) is 5.69 Å². The molecule has 4 rings (SSSR count). The van der Waals surface area contributed by atoms with E-state index in [1.165, 1.54) is 37.4 Å². The zero-order valence-electron chi connectivity index (χ0n) is 16.1. The second-order valence-electron chi connectivity index (χ2n) is 7.40. The molecule has 1 aromatic heterocycles. The smallest absolute Gasteiger partial charge is 0.234 e. The van der Waals surface area contributed by atoms with E-state index in [4.69, 9.17) is 9.98 Å². The number of nitrogens with one attached hydrogen (secondary N) is 1. The molecule has 0 atom stereocenters. The van der Waals surface area contributed by atoms with E-state index in [9.17, 15) is 4.79 Å². The summed E-state index contributed by atoms with van der Waals surface area (Å²) < 4.78 is 0. The van der Waals surface area contributed by atoms with Crippen molar-refractivity contribution in [1.29, 1.82) is 0 Å². The molecule has 1 fully saturated rings. The zero-order valence-corrected chi connectivity index (χ0v) is 17.7. The van der Waals surface area contributed by atoms with Gasteiger partial charge in [-0.05, 0) is 55.7 Å². The highest BCUT2D eigenvalue weighted by Gasteiger charge is 2.37. The second kappa shape index (κ2) is 8.62. The summed E-state index contributed by atoms with van der Waals surface area (Å²) in [4.78, 5) is 23.8. The van der Waals surface area contributed by atoms with Crippen LogP contribution in [0.1, 0.15) is 49.0 Å². The van der Waals surface area contributed by atoms with E-state index in [0.29, 0.717) is 5.75 Å². The van der Waals surface area contributed by atoms with Gasteiger partial charge in [0, 0.05) is 5.69 Å². The number of anilines is 1. The number of hydrogen-bond acceptors (Lipinski definition) is 5.